The number of carbonyl (C=O) groups is 2. The molecule has 0 radical (unpaired) electrons. The molecule has 0 bridgehead atoms. The molecule has 2 rings (SSSR count). The molecule has 1 saturated heterocycles. The van der Waals surface area contributed by atoms with E-state index in [1.807, 2.05) is 0 Å². The van der Waals surface area contributed by atoms with Crippen LogP contribution in [0.1, 0.15) is 48.2 Å². The lowest BCUT2D eigenvalue weighted by atomic mass is 9.96. The van der Waals surface area contributed by atoms with Crippen molar-refractivity contribution in [2.45, 2.75) is 44.6 Å². The van der Waals surface area contributed by atoms with Crippen molar-refractivity contribution in [1.29, 1.82) is 0 Å². The van der Waals surface area contributed by atoms with Crippen LogP contribution < -0.4 is 10.6 Å². The third-order valence-electron chi connectivity index (χ3n) is 5.38. The second kappa shape index (κ2) is 10.3. The topological polar surface area (TPSA) is 81.7 Å². The van der Waals surface area contributed by atoms with Crippen molar-refractivity contribution in [3.8, 4) is 0 Å². The van der Waals surface area contributed by atoms with E-state index < -0.39 is 46.5 Å². The first-order valence-corrected chi connectivity index (χ1v) is 10.4. The van der Waals surface area contributed by atoms with Crippen LogP contribution in [0.15, 0.2) is 18.2 Å². The summed E-state index contributed by atoms with van der Waals surface area (Å²) in [6.07, 6.45) is -8.71. The Balaban J connectivity index is 1.87. The summed E-state index contributed by atoms with van der Waals surface area (Å²) in [4.78, 5) is 26.0. The van der Waals surface area contributed by atoms with Crippen molar-refractivity contribution in [1.82, 2.24) is 15.5 Å². The largest absolute Gasteiger partial charge is 0.416 e. The minimum absolute atomic E-state index is 0.0174. The quantitative estimate of drug-likeness (QED) is 0.521. The van der Waals surface area contributed by atoms with Gasteiger partial charge in [0.2, 0.25) is 0 Å². The minimum Gasteiger partial charge on any atom is -0.381 e. The first-order chi connectivity index (χ1) is 15.1. The van der Waals surface area contributed by atoms with E-state index in [0.29, 0.717) is 51.2 Å². The number of amides is 2. The fourth-order valence-corrected chi connectivity index (χ4v) is 3.38. The third-order valence-corrected chi connectivity index (χ3v) is 5.38. The Morgan fingerprint density at radius 3 is 1.94 bits per heavy atom. The zero-order valence-corrected chi connectivity index (χ0v) is 18.2. The number of nitrogens with zero attached hydrogens (tertiary/aromatic N) is 1. The number of alkyl halides is 6. The fourth-order valence-electron chi connectivity index (χ4n) is 3.38. The molecule has 1 aromatic carbocycles. The van der Waals surface area contributed by atoms with Crippen LogP contribution in [0.2, 0.25) is 0 Å². The monoisotopic (exact) mass is 483 g/mol. The molecule has 6 nitrogen and oxygen atoms in total. The molecule has 12 heteroatoms. The van der Waals surface area contributed by atoms with Gasteiger partial charge in [0.15, 0.2) is 0 Å². The zero-order chi connectivity index (χ0) is 25.0. The molecule has 1 aromatic rings. The van der Waals surface area contributed by atoms with Gasteiger partial charge in [0, 0.05) is 25.2 Å². The standard InChI is InChI=1S/C21H27F6N3O3/c1-19(2,33)18(32)28-5-8-30-6-3-13(4-7-30)12-29-17(31)14-9-15(20(22,23)24)11-16(10-14)21(25,26)27/h9-11,13,33H,3-8,12H2,1-2H3,(H,28,32)(H,29,31). The van der Waals surface area contributed by atoms with Crippen molar-refractivity contribution >= 4 is 11.8 Å². The molecule has 2 amide bonds. The number of hydrogen-bond acceptors (Lipinski definition) is 4. The van der Waals surface area contributed by atoms with Crippen LogP contribution in [0.4, 0.5) is 26.3 Å². The lowest BCUT2D eigenvalue weighted by molar-refractivity contribution is -0.143. The number of hydrogen-bond donors (Lipinski definition) is 3. The summed E-state index contributed by atoms with van der Waals surface area (Å²) >= 11 is 0. The number of aliphatic hydroxyl groups is 1. The van der Waals surface area contributed by atoms with E-state index in [1.54, 1.807) is 0 Å². The van der Waals surface area contributed by atoms with Crippen molar-refractivity contribution in [2.24, 2.45) is 5.92 Å². The van der Waals surface area contributed by atoms with Crippen LogP contribution in [0.5, 0.6) is 0 Å². The molecule has 33 heavy (non-hydrogen) atoms. The minimum atomic E-state index is -5.02. The second-order valence-corrected chi connectivity index (χ2v) is 8.60. The van der Waals surface area contributed by atoms with Crippen LogP contribution >= 0.6 is 0 Å². The molecule has 1 aliphatic heterocycles. The van der Waals surface area contributed by atoms with Gasteiger partial charge in [-0.2, -0.15) is 26.3 Å². The first kappa shape index (κ1) is 26.9. The molecular weight excluding hydrogens is 456 g/mol. The molecule has 1 aliphatic rings. The van der Waals surface area contributed by atoms with Gasteiger partial charge in [0.05, 0.1) is 11.1 Å². The number of benzene rings is 1. The SMILES string of the molecule is CC(C)(O)C(=O)NCCN1CCC(CNC(=O)c2cc(C(F)(F)F)cc(C(F)(F)F)c2)CC1. The summed E-state index contributed by atoms with van der Waals surface area (Å²) in [6.45, 7) is 5.10. The third kappa shape index (κ3) is 8.18. The maximum Gasteiger partial charge on any atom is 0.416 e. The molecule has 186 valence electrons. The highest BCUT2D eigenvalue weighted by Crippen LogP contribution is 2.36. The first-order valence-electron chi connectivity index (χ1n) is 10.4. The summed E-state index contributed by atoms with van der Waals surface area (Å²) in [5, 5.41) is 14.6. The molecule has 3 N–H and O–H groups in total. The van der Waals surface area contributed by atoms with E-state index in [4.69, 9.17) is 0 Å². The molecule has 0 saturated carbocycles. The lowest BCUT2D eigenvalue weighted by Gasteiger charge is -2.32. The molecular formula is C21H27F6N3O3. The van der Waals surface area contributed by atoms with Gasteiger partial charge in [-0.05, 0) is 63.9 Å². The van der Waals surface area contributed by atoms with Crippen molar-refractivity contribution in [3.63, 3.8) is 0 Å². The molecule has 1 heterocycles. The summed E-state index contributed by atoms with van der Waals surface area (Å²) in [6, 6.07) is 0.806. The van der Waals surface area contributed by atoms with E-state index in [-0.39, 0.29) is 18.5 Å². The van der Waals surface area contributed by atoms with Gasteiger partial charge >= 0.3 is 12.4 Å². The Labute approximate surface area is 187 Å². The van der Waals surface area contributed by atoms with Gasteiger partial charge < -0.3 is 20.6 Å². The number of halogens is 6. The average Bonchev–Trinajstić information content (AvgIpc) is 2.70. The van der Waals surface area contributed by atoms with Crippen LogP contribution in [-0.4, -0.2) is 60.1 Å². The van der Waals surface area contributed by atoms with E-state index in [9.17, 15) is 41.0 Å². The maximum atomic E-state index is 13.0. The summed E-state index contributed by atoms with van der Waals surface area (Å²) in [7, 11) is 0. The average molecular weight is 483 g/mol. The summed E-state index contributed by atoms with van der Waals surface area (Å²) in [5.74, 6) is -1.46. The molecule has 0 aliphatic carbocycles. The van der Waals surface area contributed by atoms with Gasteiger partial charge in [-0.3, -0.25) is 9.59 Å². The number of carbonyl (C=O) groups excluding carboxylic acids is 2. The smallest absolute Gasteiger partial charge is 0.381 e. The number of rotatable bonds is 7. The van der Waals surface area contributed by atoms with E-state index in [2.05, 4.69) is 15.5 Å². The lowest BCUT2D eigenvalue weighted by Crippen LogP contribution is -2.46. The highest BCUT2D eigenvalue weighted by molar-refractivity contribution is 5.94. The molecule has 0 unspecified atom stereocenters. The Bertz CT molecular complexity index is 809. The Hall–Kier alpha value is -2.34. The highest BCUT2D eigenvalue weighted by atomic mass is 19.4. The van der Waals surface area contributed by atoms with Gasteiger partial charge in [0.1, 0.15) is 5.60 Å². The van der Waals surface area contributed by atoms with Crippen molar-refractivity contribution in [2.75, 3.05) is 32.7 Å². The van der Waals surface area contributed by atoms with Crippen LogP contribution in [0.25, 0.3) is 0 Å². The highest BCUT2D eigenvalue weighted by Gasteiger charge is 2.37. The number of likely N-dealkylation sites (tertiary alicyclic amines) is 1. The van der Waals surface area contributed by atoms with Gasteiger partial charge in [-0.1, -0.05) is 0 Å². The molecule has 0 spiro atoms. The predicted molar refractivity (Wildman–Crippen MR) is 107 cm³/mol. The van der Waals surface area contributed by atoms with E-state index in [1.165, 1.54) is 13.8 Å². The van der Waals surface area contributed by atoms with Crippen LogP contribution in [-0.2, 0) is 17.1 Å². The van der Waals surface area contributed by atoms with E-state index in [0.717, 1.165) is 0 Å². The van der Waals surface area contributed by atoms with Crippen LogP contribution in [0, 0.1) is 5.92 Å². The second-order valence-electron chi connectivity index (χ2n) is 8.60. The maximum absolute atomic E-state index is 13.0. The molecule has 0 aromatic heterocycles. The van der Waals surface area contributed by atoms with E-state index >= 15 is 0 Å². The van der Waals surface area contributed by atoms with Crippen molar-refractivity contribution < 1.29 is 41.0 Å². The Morgan fingerprint density at radius 2 is 1.48 bits per heavy atom. The van der Waals surface area contributed by atoms with Gasteiger partial charge in [-0.25, -0.2) is 0 Å². The van der Waals surface area contributed by atoms with Gasteiger partial charge in [-0.15, -0.1) is 0 Å². The fraction of sp³-hybridized carbons (Fsp3) is 0.619. The molecule has 0 atom stereocenters. The summed E-state index contributed by atoms with van der Waals surface area (Å²) < 4.78 is 77.8. The predicted octanol–water partition coefficient (Wildman–Crippen LogP) is 3.05. The normalized spacial score (nSPS) is 16.5. The number of piperidine rings is 1. The van der Waals surface area contributed by atoms with Crippen LogP contribution in [0.3, 0.4) is 0 Å². The number of nitrogens with one attached hydrogen (secondary N) is 2. The molecule has 1 fully saturated rings. The Morgan fingerprint density at radius 1 is 0.970 bits per heavy atom. The van der Waals surface area contributed by atoms with Gasteiger partial charge in [0.25, 0.3) is 11.8 Å². The van der Waals surface area contributed by atoms with Crippen molar-refractivity contribution in [3.05, 3.63) is 34.9 Å². The Kier molecular flexibility index (Phi) is 8.39. The zero-order valence-electron chi connectivity index (χ0n) is 18.2. The summed E-state index contributed by atoms with van der Waals surface area (Å²) in [5.41, 5.74) is -5.23.